The van der Waals surface area contributed by atoms with E-state index in [0.717, 1.165) is 16.0 Å². The fraction of sp³-hybridized carbons (Fsp3) is 0.250. The van der Waals surface area contributed by atoms with Crippen molar-refractivity contribution in [3.05, 3.63) is 54.6 Å². The lowest BCUT2D eigenvalue weighted by molar-refractivity contribution is -0.134. The molecule has 6 heteroatoms. The van der Waals surface area contributed by atoms with Gasteiger partial charge in [-0.15, -0.1) is 0 Å². The summed E-state index contributed by atoms with van der Waals surface area (Å²) in [4.78, 5) is 39.5. The molecule has 0 radical (unpaired) electrons. The molecule has 2 aromatic rings. The minimum Gasteiger partial charge on any atom is -0.324 e. The normalized spacial score (nSPS) is 16.1. The van der Waals surface area contributed by atoms with Gasteiger partial charge in [-0.3, -0.25) is 14.5 Å². The van der Waals surface area contributed by atoms with Gasteiger partial charge in [0.05, 0.1) is 0 Å². The van der Waals surface area contributed by atoms with Gasteiger partial charge < -0.3 is 10.2 Å². The topological polar surface area (TPSA) is 69.7 Å². The van der Waals surface area contributed by atoms with Gasteiger partial charge in [-0.05, 0) is 25.5 Å². The van der Waals surface area contributed by atoms with E-state index in [2.05, 4.69) is 5.32 Å². The fourth-order valence-electron chi connectivity index (χ4n) is 2.92. The number of benzene rings is 2. The Bertz CT molecular complexity index is 862. The number of imide groups is 1. The maximum atomic E-state index is 12.5. The minimum atomic E-state index is -0.945. The highest BCUT2D eigenvalue weighted by atomic mass is 16.2. The van der Waals surface area contributed by atoms with Crippen molar-refractivity contribution in [2.24, 2.45) is 0 Å². The van der Waals surface area contributed by atoms with Crippen LogP contribution in [0.4, 0.5) is 10.5 Å². The zero-order chi connectivity index (χ0) is 18.9. The van der Waals surface area contributed by atoms with Gasteiger partial charge in [0.25, 0.3) is 5.91 Å². The maximum Gasteiger partial charge on any atom is 0.327 e. The Morgan fingerprint density at radius 2 is 1.62 bits per heavy atom. The number of urea groups is 1. The molecule has 0 spiro atoms. The molecule has 0 atom stereocenters. The van der Waals surface area contributed by atoms with Crippen molar-refractivity contribution in [3.8, 4) is 11.1 Å². The van der Waals surface area contributed by atoms with Gasteiger partial charge in [-0.1, -0.05) is 48.5 Å². The summed E-state index contributed by atoms with van der Waals surface area (Å²) >= 11 is 0. The fourth-order valence-corrected chi connectivity index (χ4v) is 2.92. The van der Waals surface area contributed by atoms with Crippen LogP contribution in [0.2, 0.25) is 0 Å². The third-order valence-electron chi connectivity index (χ3n) is 4.71. The maximum absolute atomic E-state index is 12.5. The Balaban J connectivity index is 1.78. The number of rotatable bonds is 4. The van der Waals surface area contributed by atoms with Crippen LogP contribution in [0.3, 0.4) is 0 Å². The molecular weight excluding hydrogens is 330 g/mol. The Morgan fingerprint density at radius 3 is 2.23 bits per heavy atom. The Hall–Kier alpha value is -3.15. The number of para-hydroxylation sites is 1. The predicted molar refractivity (Wildman–Crippen MR) is 99.5 cm³/mol. The van der Waals surface area contributed by atoms with Crippen molar-refractivity contribution in [1.82, 2.24) is 9.80 Å². The van der Waals surface area contributed by atoms with E-state index in [9.17, 15) is 14.4 Å². The van der Waals surface area contributed by atoms with E-state index >= 15 is 0 Å². The Kier molecular flexibility index (Phi) is 4.50. The molecule has 134 valence electrons. The van der Waals surface area contributed by atoms with Crippen LogP contribution < -0.4 is 5.32 Å². The van der Waals surface area contributed by atoms with Crippen LogP contribution in [-0.2, 0) is 9.59 Å². The number of likely N-dealkylation sites (N-methyl/N-ethyl adjacent to an activating group) is 1. The number of carbonyl (C=O) groups is 3. The van der Waals surface area contributed by atoms with E-state index in [1.54, 1.807) is 27.0 Å². The average molecular weight is 351 g/mol. The average Bonchev–Trinajstić information content (AvgIpc) is 2.78. The number of carbonyl (C=O) groups excluding carboxylic acids is 3. The van der Waals surface area contributed by atoms with Gasteiger partial charge in [0.2, 0.25) is 5.91 Å². The highest BCUT2D eigenvalue weighted by molar-refractivity contribution is 6.10. The Labute approximate surface area is 152 Å². The zero-order valence-corrected chi connectivity index (χ0v) is 15.0. The third kappa shape index (κ3) is 3.06. The smallest absolute Gasteiger partial charge is 0.324 e. The molecule has 1 aliphatic heterocycles. The van der Waals surface area contributed by atoms with E-state index in [4.69, 9.17) is 0 Å². The molecule has 0 bridgehead atoms. The number of hydrogen-bond donors (Lipinski definition) is 1. The molecule has 1 N–H and O–H groups in total. The van der Waals surface area contributed by atoms with Gasteiger partial charge in [0, 0.05) is 18.3 Å². The number of hydrogen-bond acceptors (Lipinski definition) is 3. The van der Waals surface area contributed by atoms with Crippen molar-refractivity contribution >= 4 is 23.5 Å². The molecule has 3 rings (SSSR count). The highest BCUT2D eigenvalue weighted by Crippen LogP contribution is 2.28. The van der Waals surface area contributed by atoms with Crippen LogP contribution in [0.5, 0.6) is 0 Å². The molecule has 1 heterocycles. The summed E-state index contributed by atoms with van der Waals surface area (Å²) in [6.45, 7) is 3.01. The molecule has 26 heavy (non-hydrogen) atoms. The largest absolute Gasteiger partial charge is 0.327 e. The monoisotopic (exact) mass is 351 g/mol. The van der Waals surface area contributed by atoms with Crippen LogP contribution in [-0.4, -0.2) is 46.8 Å². The second-order valence-corrected chi connectivity index (χ2v) is 6.75. The van der Waals surface area contributed by atoms with Crippen molar-refractivity contribution < 1.29 is 14.4 Å². The first-order valence-corrected chi connectivity index (χ1v) is 8.36. The summed E-state index contributed by atoms with van der Waals surface area (Å²) in [6.07, 6.45) is 0. The SMILES string of the molecule is CN1C(=O)N(CC(=O)Nc2ccccc2-c2ccccc2)C(=O)C1(C)C. The summed E-state index contributed by atoms with van der Waals surface area (Å²) in [5.41, 5.74) is 1.53. The predicted octanol–water partition coefficient (Wildman–Crippen LogP) is 2.96. The van der Waals surface area contributed by atoms with E-state index in [1.165, 1.54) is 4.90 Å². The second kappa shape index (κ2) is 6.63. The molecule has 0 unspecified atom stereocenters. The van der Waals surface area contributed by atoms with Gasteiger partial charge in [-0.2, -0.15) is 0 Å². The molecule has 1 aliphatic rings. The first-order chi connectivity index (χ1) is 12.3. The van der Waals surface area contributed by atoms with E-state index < -0.39 is 17.5 Å². The quantitative estimate of drug-likeness (QED) is 0.861. The summed E-state index contributed by atoms with van der Waals surface area (Å²) in [7, 11) is 1.56. The van der Waals surface area contributed by atoms with Crippen molar-refractivity contribution in [1.29, 1.82) is 0 Å². The number of anilines is 1. The first-order valence-electron chi connectivity index (χ1n) is 8.36. The molecule has 6 nitrogen and oxygen atoms in total. The lowest BCUT2D eigenvalue weighted by Crippen LogP contribution is -2.42. The van der Waals surface area contributed by atoms with Gasteiger partial charge in [-0.25, -0.2) is 4.79 Å². The van der Waals surface area contributed by atoms with Gasteiger partial charge in [0.15, 0.2) is 0 Å². The minimum absolute atomic E-state index is 0.311. The van der Waals surface area contributed by atoms with Crippen molar-refractivity contribution in [2.75, 3.05) is 18.9 Å². The summed E-state index contributed by atoms with van der Waals surface area (Å²) < 4.78 is 0. The molecular formula is C20H21N3O3. The standard InChI is InChI=1S/C20H21N3O3/c1-20(2)18(25)23(19(26)22(20)3)13-17(24)21-16-12-8-7-11-15(16)14-9-5-4-6-10-14/h4-12H,13H2,1-3H3,(H,21,24). The van der Waals surface area contributed by atoms with Crippen LogP contribution >= 0.6 is 0 Å². The molecule has 1 fully saturated rings. The van der Waals surface area contributed by atoms with Crippen LogP contribution in [0, 0.1) is 0 Å². The van der Waals surface area contributed by atoms with Crippen molar-refractivity contribution in [2.45, 2.75) is 19.4 Å². The first kappa shape index (κ1) is 17.7. The van der Waals surface area contributed by atoms with E-state index in [1.807, 2.05) is 48.5 Å². The highest BCUT2D eigenvalue weighted by Gasteiger charge is 2.49. The molecule has 0 aliphatic carbocycles. The van der Waals surface area contributed by atoms with Gasteiger partial charge >= 0.3 is 6.03 Å². The number of nitrogens with one attached hydrogen (secondary N) is 1. The zero-order valence-electron chi connectivity index (χ0n) is 15.0. The van der Waals surface area contributed by atoms with Gasteiger partial charge in [0.1, 0.15) is 12.1 Å². The van der Waals surface area contributed by atoms with E-state index in [-0.39, 0.29) is 12.5 Å². The summed E-state index contributed by atoms with van der Waals surface area (Å²) in [5.74, 6) is -0.794. The van der Waals surface area contributed by atoms with Crippen molar-refractivity contribution in [3.63, 3.8) is 0 Å². The number of nitrogens with zero attached hydrogens (tertiary/aromatic N) is 2. The summed E-state index contributed by atoms with van der Waals surface area (Å²) in [5, 5.41) is 2.82. The number of amides is 4. The van der Waals surface area contributed by atoms with Crippen LogP contribution in [0.25, 0.3) is 11.1 Å². The molecule has 1 saturated heterocycles. The van der Waals surface area contributed by atoms with Crippen LogP contribution in [0.15, 0.2) is 54.6 Å². The lowest BCUT2D eigenvalue weighted by Gasteiger charge is -2.22. The molecule has 0 aromatic heterocycles. The Morgan fingerprint density at radius 1 is 1.00 bits per heavy atom. The second-order valence-electron chi connectivity index (χ2n) is 6.75. The molecule has 2 aromatic carbocycles. The molecule has 4 amide bonds. The van der Waals surface area contributed by atoms with Crippen LogP contribution in [0.1, 0.15) is 13.8 Å². The molecule has 0 saturated carbocycles. The lowest BCUT2D eigenvalue weighted by atomic mass is 10.0. The summed E-state index contributed by atoms with van der Waals surface area (Å²) in [6, 6.07) is 16.6. The third-order valence-corrected chi connectivity index (χ3v) is 4.71. The van der Waals surface area contributed by atoms with E-state index in [0.29, 0.717) is 5.69 Å².